The third kappa shape index (κ3) is 2.47. The van der Waals surface area contributed by atoms with Crippen molar-refractivity contribution < 1.29 is 4.42 Å². The van der Waals surface area contributed by atoms with Crippen molar-refractivity contribution in [3.8, 4) is 0 Å². The average Bonchev–Trinajstić information content (AvgIpc) is 2.85. The van der Waals surface area contributed by atoms with E-state index in [9.17, 15) is 0 Å². The number of nitrogens with one attached hydrogen (secondary N) is 1. The van der Waals surface area contributed by atoms with Crippen molar-refractivity contribution in [3.05, 3.63) is 69.3 Å². The van der Waals surface area contributed by atoms with Crippen molar-refractivity contribution in [1.82, 2.24) is 5.43 Å². The Morgan fingerprint density at radius 1 is 1.15 bits per heavy atom. The maximum absolute atomic E-state index is 6.03. The largest absolute Gasteiger partial charge is 0.458 e. The van der Waals surface area contributed by atoms with Crippen LogP contribution in [0.3, 0.4) is 0 Å². The van der Waals surface area contributed by atoms with Gasteiger partial charge in [-0.25, -0.2) is 5.43 Å². The summed E-state index contributed by atoms with van der Waals surface area (Å²) in [6.45, 7) is 0. The second-order valence-electron chi connectivity index (χ2n) is 4.46. The molecule has 3 rings (SSSR count). The van der Waals surface area contributed by atoms with E-state index in [1.54, 1.807) is 0 Å². The predicted molar refractivity (Wildman–Crippen MR) is 84.5 cm³/mol. The molecule has 3 aromatic rings. The molecule has 102 valence electrons. The SMILES string of the molecule is NNC(c1cccc(Cl)c1)c1cc2cccc(Br)c2o1. The maximum atomic E-state index is 6.03. The van der Waals surface area contributed by atoms with Gasteiger partial charge in [0.15, 0.2) is 0 Å². The third-order valence-corrected chi connectivity index (χ3v) is 4.01. The molecule has 1 atom stereocenters. The molecule has 0 saturated heterocycles. The lowest BCUT2D eigenvalue weighted by Crippen LogP contribution is -2.28. The highest BCUT2D eigenvalue weighted by Gasteiger charge is 2.18. The highest BCUT2D eigenvalue weighted by atomic mass is 79.9. The van der Waals surface area contributed by atoms with Crippen LogP contribution in [0.2, 0.25) is 5.02 Å². The predicted octanol–water partition coefficient (Wildman–Crippen LogP) is 4.40. The van der Waals surface area contributed by atoms with Crippen LogP contribution in [0, 0.1) is 0 Å². The normalized spacial score (nSPS) is 12.8. The zero-order valence-corrected chi connectivity index (χ0v) is 12.8. The first-order chi connectivity index (χ1) is 9.69. The maximum Gasteiger partial charge on any atom is 0.148 e. The number of benzene rings is 2. The Bertz CT molecular complexity index is 756. The summed E-state index contributed by atoms with van der Waals surface area (Å²) >= 11 is 9.51. The van der Waals surface area contributed by atoms with E-state index in [0.29, 0.717) is 5.02 Å². The van der Waals surface area contributed by atoms with Crippen molar-refractivity contribution in [2.75, 3.05) is 0 Å². The van der Waals surface area contributed by atoms with Crippen LogP contribution in [0.4, 0.5) is 0 Å². The number of rotatable bonds is 3. The van der Waals surface area contributed by atoms with Gasteiger partial charge in [-0.05, 0) is 45.8 Å². The summed E-state index contributed by atoms with van der Waals surface area (Å²) < 4.78 is 6.83. The van der Waals surface area contributed by atoms with E-state index in [-0.39, 0.29) is 6.04 Å². The van der Waals surface area contributed by atoms with E-state index in [2.05, 4.69) is 21.4 Å². The molecule has 20 heavy (non-hydrogen) atoms. The van der Waals surface area contributed by atoms with Crippen molar-refractivity contribution in [3.63, 3.8) is 0 Å². The highest BCUT2D eigenvalue weighted by Crippen LogP contribution is 2.32. The van der Waals surface area contributed by atoms with Crippen molar-refractivity contribution in [2.45, 2.75) is 6.04 Å². The Hall–Kier alpha value is -1.33. The molecule has 5 heteroatoms. The molecule has 3 nitrogen and oxygen atoms in total. The summed E-state index contributed by atoms with van der Waals surface area (Å²) in [5.74, 6) is 6.43. The lowest BCUT2D eigenvalue weighted by molar-refractivity contribution is 0.476. The minimum absolute atomic E-state index is 0.243. The monoisotopic (exact) mass is 350 g/mol. The molecule has 2 aromatic carbocycles. The highest BCUT2D eigenvalue weighted by molar-refractivity contribution is 9.10. The Labute approximate surface area is 129 Å². The van der Waals surface area contributed by atoms with E-state index in [1.165, 1.54) is 0 Å². The molecule has 0 saturated carbocycles. The number of halogens is 2. The van der Waals surface area contributed by atoms with E-state index >= 15 is 0 Å². The standard InChI is InChI=1S/C15H12BrClN2O/c16-12-6-2-4-10-8-13(20-15(10)12)14(19-18)9-3-1-5-11(17)7-9/h1-8,14,19H,18H2. The van der Waals surface area contributed by atoms with Crippen LogP contribution >= 0.6 is 27.5 Å². The molecule has 3 N–H and O–H groups in total. The second kappa shape index (κ2) is 5.58. The summed E-state index contributed by atoms with van der Waals surface area (Å²) in [6.07, 6.45) is 0. The number of hydrogen-bond acceptors (Lipinski definition) is 3. The van der Waals surface area contributed by atoms with Gasteiger partial charge in [0.25, 0.3) is 0 Å². The van der Waals surface area contributed by atoms with E-state index in [1.807, 2.05) is 48.5 Å². The lowest BCUT2D eigenvalue weighted by atomic mass is 10.1. The molecule has 1 aromatic heterocycles. The minimum atomic E-state index is -0.243. The first-order valence-corrected chi connectivity index (χ1v) is 7.25. The van der Waals surface area contributed by atoms with E-state index in [0.717, 1.165) is 26.8 Å². The van der Waals surface area contributed by atoms with E-state index in [4.69, 9.17) is 21.9 Å². The van der Waals surface area contributed by atoms with Crippen LogP contribution < -0.4 is 11.3 Å². The van der Waals surface area contributed by atoms with Crippen LogP contribution in [0.5, 0.6) is 0 Å². The number of nitrogens with two attached hydrogens (primary N) is 1. The van der Waals surface area contributed by atoms with Crippen molar-refractivity contribution in [2.24, 2.45) is 5.84 Å². The summed E-state index contributed by atoms with van der Waals surface area (Å²) in [4.78, 5) is 0. The molecule has 0 amide bonds. The fraction of sp³-hybridized carbons (Fsp3) is 0.0667. The van der Waals surface area contributed by atoms with Gasteiger partial charge in [-0.2, -0.15) is 0 Å². The number of fused-ring (bicyclic) bond motifs is 1. The molecule has 0 aliphatic heterocycles. The fourth-order valence-electron chi connectivity index (χ4n) is 2.22. The first-order valence-electron chi connectivity index (χ1n) is 6.08. The van der Waals surface area contributed by atoms with Gasteiger partial charge in [-0.3, -0.25) is 5.84 Å². The van der Waals surface area contributed by atoms with Crippen molar-refractivity contribution >= 4 is 38.5 Å². The van der Waals surface area contributed by atoms with Crippen LogP contribution in [-0.2, 0) is 0 Å². The molecule has 0 aliphatic rings. The zero-order valence-electron chi connectivity index (χ0n) is 10.4. The molecule has 0 spiro atoms. The third-order valence-electron chi connectivity index (χ3n) is 3.15. The summed E-state index contributed by atoms with van der Waals surface area (Å²) in [6, 6.07) is 15.2. The van der Waals surface area contributed by atoms with E-state index < -0.39 is 0 Å². The van der Waals surface area contributed by atoms with Crippen molar-refractivity contribution in [1.29, 1.82) is 0 Å². The average molecular weight is 352 g/mol. The molecule has 1 heterocycles. The topological polar surface area (TPSA) is 51.2 Å². The molecule has 0 bridgehead atoms. The minimum Gasteiger partial charge on any atom is -0.458 e. The molecular formula is C15H12BrClN2O. The van der Waals surface area contributed by atoms with Gasteiger partial charge in [0.05, 0.1) is 4.47 Å². The first kappa shape index (κ1) is 13.6. The number of para-hydroxylation sites is 1. The molecule has 1 unspecified atom stereocenters. The number of furan rings is 1. The van der Waals surface area contributed by atoms with Crippen LogP contribution in [0.1, 0.15) is 17.4 Å². The fourth-order valence-corrected chi connectivity index (χ4v) is 2.88. The summed E-state index contributed by atoms with van der Waals surface area (Å²) in [5, 5.41) is 1.69. The quantitative estimate of drug-likeness (QED) is 0.543. The molecule has 0 aliphatic carbocycles. The Morgan fingerprint density at radius 3 is 2.65 bits per heavy atom. The second-order valence-corrected chi connectivity index (χ2v) is 5.75. The Morgan fingerprint density at radius 2 is 1.95 bits per heavy atom. The van der Waals surface area contributed by atoms with Gasteiger partial charge in [0.2, 0.25) is 0 Å². The van der Waals surface area contributed by atoms with Crippen LogP contribution in [0.15, 0.2) is 57.4 Å². The van der Waals surface area contributed by atoms with Gasteiger partial charge in [0.1, 0.15) is 17.4 Å². The van der Waals surface area contributed by atoms with Gasteiger partial charge < -0.3 is 4.42 Å². The van der Waals surface area contributed by atoms with Crippen LogP contribution in [-0.4, -0.2) is 0 Å². The van der Waals surface area contributed by atoms with Gasteiger partial charge in [0, 0.05) is 10.4 Å². The van der Waals surface area contributed by atoms with Crippen LogP contribution in [0.25, 0.3) is 11.0 Å². The zero-order chi connectivity index (χ0) is 14.1. The molecule has 0 radical (unpaired) electrons. The Kier molecular flexibility index (Phi) is 3.81. The lowest BCUT2D eigenvalue weighted by Gasteiger charge is -2.13. The molecule has 0 fully saturated rings. The number of hydrogen-bond donors (Lipinski definition) is 2. The number of hydrazine groups is 1. The van der Waals surface area contributed by atoms with Gasteiger partial charge in [-0.1, -0.05) is 35.9 Å². The summed E-state index contributed by atoms with van der Waals surface area (Å²) in [5.41, 5.74) is 4.54. The van der Waals surface area contributed by atoms with Gasteiger partial charge >= 0.3 is 0 Å². The Balaban J connectivity index is 2.09. The smallest absolute Gasteiger partial charge is 0.148 e. The van der Waals surface area contributed by atoms with Gasteiger partial charge in [-0.15, -0.1) is 0 Å². The summed E-state index contributed by atoms with van der Waals surface area (Å²) in [7, 11) is 0. The molecular weight excluding hydrogens is 340 g/mol.